The third-order valence-electron chi connectivity index (χ3n) is 6.84. The zero-order valence-electron chi connectivity index (χ0n) is 23.0. The molecular weight excluding hydrogens is 519 g/mol. The lowest BCUT2D eigenvalue weighted by Crippen LogP contribution is -2.67. The first kappa shape index (κ1) is 30.3. The molecule has 0 saturated carbocycles. The van der Waals surface area contributed by atoms with Gasteiger partial charge in [-0.15, -0.1) is 0 Å². The van der Waals surface area contributed by atoms with Crippen molar-refractivity contribution in [2.24, 2.45) is 0 Å². The molecule has 0 fully saturated rings. The van der Waals surface area contributed by atoms with Crippen LogP contribution in [0.4, 0.5) is 13.2 Å². The standard InChI is InChI=1S/C31H36F3NO3Si/c1-6-16-25(35-28(36)30(37-5,31(32,33)34)24-17-10-7-11-18-24)23-38-39(29(2,3)4,26-19-12-8-13-20-26)27-21-14-9-15-22-27/h6-22,25H,23H2,1-5H3,(H,35,36)/b16-6+/t25-,30+/m0/s1. The maximum atomic E-state index is 14.5. The molecule has 0 saturated heterocycles. The minimum absolute atomic E-state index is 0.0319. The summed E-state index contributed by atoms with van der Waals surface area (Å²) in [5, 5.41) is 4.28. The average molecular weight is 556 g/mol. The molecule has 1 amide bonds. The van der Waals surface area contributed by atoms with Crippen LogP contribution in [0.1, 0.15) is 33.3 Å². The Morgan fingerprint density at radius 3 is 1.72 bits per heavy atom. The minimum atomic E-state index is -5.01. The van der Waals surface area contributed by atoms with Crippen molar-refractivity contribution >= 4 is 24.6 Å². The van der Waals surface area contributed by atoms with Gasteiger partial charge in [-0.2, -0.15) is 13.2 Å². The van der Waals surface area contributed by atoms with E-state index >= 15 is 0 Å². The maximum Gasteiger partial charge on any atom is 0.430 e. The quantitative estimate of drug-likeness (QED) is 0.257. The van der Waals surface area contributed by atoms with Crippen LogP contribution in [0.15, 0.2) is 103 Å². The molecule has 0 spiro atoms. The second kappa shape index (κ2) is 12.3. The topological polar surface area (TPSA) is 47.6 Å². The second-order valence-corrected chi connectivity index (χ2v) is 14.6. The monoisotopic (exact) mass is 555 g/mol. The van der Waals surface area contributed by atoms with Crippen molar-refractivity contribution in [1.29, 1.82) is 0 Å². The number of hydrogen-bond acceptors (Lipinski definition) is 3. The Labute approximate surface area is 230 Å². The summed E-state index contributed by atoms with van der Waals surface area (Å²) in [7, 11) is -2.09. The van der Waals surface area contributed by atoms with Crippen LogP contribution < -0.4 is 15.7 Å². The van der Waals surface area contributed by atoms with Gasteiger partial charge in [0.05, 0.1) is 12.6 Å². The third-order valence-corrected chi connectivity index (χ3v) is 11.8. The zero-order valence-corrected chi connectivity index (χ0v) is 24.0. The van der Waals surface area contributed by atoms with Crippen LogP contribution in [-0.4, -0.2) is 40.2 Å². The first-order valence-corrected chi connectivity index (χ1v) is 14.7. The molecule has 3 aromatic rings. The van der Waals surface area contributed by atoms with Gasteiger partial charge in [-0.25, -0.2) is 0 Å². The SMILES string of the molecule is C/C=C/[C@@H](CO[Si](c1ccccc1)(c1ccccc1)C(C)(C)C)NC(=O)[C@](OC)(c1ccccc1)C(F)(F)F. The van der Waals surface area contributed by atoms with Gasteiger partial charge >= 0.3 is 6.18 Å². The van der Waals surface area contributed by atoms with Crippen LogP contribution in [0.3, 0.4) is 0 Å². The van der Waals surface area contributed by atoms with Crippen LogP contribution in [0.2, 0.25) is 5.04 Å². The minimum Gasteiger partial charge on any atom is -0.405 e. The van der Waals surface area contributed by atoms with Gasteiger partial charge in [0.1, 0.15) is 0 Å². The van der Waals surface area contributed by atoms with E-state index in [1.165, 1.54) is 24.3 Å². The molecule has 1 N–H and O–H groups in total. The molecule has 0 unspecified atom stereocenters. The fourth-order valence-corrected chi connectivity index (χ4v) is 9.63. The fourth-order valence-electron chi connectivity index (χ4n) is 5.05. The Balaban J connectivity index is 2.03. The second-order valence-electron chi connectivity index (χ2n) is 10.3. The highest BCUT2D eigenvalue weighted by Crippen LogP contribution is 2.42. The molecule has 4 nitrogen and oxygen atoms in total. The molecule has 0 aliphatic heterocycles. The highest BCUT2D eigenvalue weighted by molar-refractivity contribution is 6.99. The summed E-state index contributed by atoms with van der Waals surface area (Å²) < 4.78 is 55.3. The highest BCUT2D eigenvalue weighted by Gasteiger charge is 2.63. The number of nitrogens with one attached hydrogen (secondary N) is 1. The van der Waals surface area contributed by atoms with E-state index in [-0.39, 0.29) is 17.2 Å². The molecular formula is C31H36F3NO3Si. The molecule has 8 heteroatoms. The van der Waals surface area contributed by atoms with E-state index in [4.69, 9.17) is 9.16 Å². The summed E-state index contributed by atoms with van der Waals surface area (Å²) in [5.41, 5.74) is -3.48. The van der Waals surface area contributed by atoms with E-state index in [1.54, 1.807) is 25.1 Å². The van der Waals surface area contributed by atoms with Gasteiger partial charge in [-0.1, -0.05) is 124 Å². The molecule has 39 heavy (non-hydrogen) atoms. The molecule has 208 valence electrons. The van der Waals surface area contributed by atoms with Gasteiger partial charge in [0.15, 0.2) is 0 Å². The van der Waals surface area contributed by atoms with Crippen molar-refractivity contribution in [2.45, 2.75) is 50.6 Å². The number of rotatable bonds is 10. The summed E-state index contributed by atoms with van der Waals surface area (Å²) in [5.74, 6) is -1.31. The first-order chi connectivity index (χ1) is 18.4. The van der Waals surface area contributed by atoms with Gasteiger partial charge in [0, 0.05) is 12.7 Å². The average Bonchev–Trinajstić information content (AvgIpc) is 2.90. The van der Waals surface area contributed by atoms with Gasteiger partial charge in [0.25, 0.3) is 19.8 Å². The van der Waals surface area contributed by atoms with Crippen molar-refractivity contribution < 1.29 is 27.1 Å². The van der Waals surface area contributed by atoms with Crippen molar-refractivity contribution in [1.82, 2.24) is 5.32 Å². The summed E-state index contributed by atoms with van der Waals surface area (Å²) in [6, 6.07) is 25.9. The number of allylic oxidation sites excluding steroid dienone is 1. The van der Waals surface area contributed by atoms with Gasteiger partial charge in [-0.3, -0.25) is 4.79 Å². The van der Waals surface area contributed by atoms with E-state index in [0.717, 1.165) is 17.5 Å². The zero-order chi connectivity index (χ0) is 28.7. The Hall–Kier alpha value is -3.20. The number of ether oxygens (including phenoxy) is 1. The van der Waals surface area contributed by atoms with E-state index in [9.17, 15) is 18.0 Å². The van der Waals surface area contributed by atoms with Crippen molar-refractivity contribution in [3.63, 3.8) is 0 Å². The summed E-state index contributed by atoms with van der Waals surface area (Å²) in [4.78, 5) is 13.5. The lowest BCUT2D eigenvalue weighted by atomic mass is 9.91. The smallest absolute Gasteiger partial charge is 0.405 e. The fraction of sp³-hybridized carbons (Fsp3) is 0.323. The Morgan fingerprint density at radius 1 is 0.872 bits per heavy atom. The van der Waals surface area contributed by atoms with Crippen LogP contribution in [0, 0.1) is 0 Å². The lowest BCUT2D eigenvalue weighted by molar-refractivity contribution is -0.266. The normalized spacial score (nSPS) is 15.1. The van der Waals surface area contributed by atoms with Crippen molar-refractivity contribution in [3.8, 4) is 0 Å². The predicted molar refractivity (Wildman–Crippen MR) is 152 cm³/mol. The van der Waals surface area contributed by atoms with E-state index in [0.29, 0.717) is 0 Å². The molecule has 3 aromatic carbocycles. The van der Waals surface area contributed by atoms with Crippen LogP contribution in [0.5, 0.6) is 0 Å². The molecule has 0 aromatic heterocycles. The molecule has 3 rings (SSSR count). The number of benzene rings is 3. The van der Waals surface area contributed by atoms with Crippen LogP contribution in [0.25, 0.3) is 0 Å². The number of halogens is 3. The number of amides is 1. The van der Waals surface area contributed by atoms with E-state index in [1.807, 2.05) is 60.7 Å². The summed E-state index contributed by atoms with van der Waals surface area (Å²) in [6.07, 6.45) is -1.69. The van der Waals surface area contributed by atoms with Crippen molar-refractivity contribution in [3.05, 3.63) is 109 Å². The lowest BCUT2D eigenvalue weighted by Gasteiger charge is -2.43. The number of carbonyl (C=O) groups is 1. The molecule has 0 bridgehead atoms. The van der Waals surface area contributed by atoms with Gasteiger partial charge in [-0.05, 0) is 22.3 Å². The molecule has 2 atom stereocenters. The van der Waals surface area contributed by atoms with Gasteiger partial charge in [0.2, 0.25) is 0 Å². The van der Waals surface area contributed by atoms with Crippen LogP contribution in [-0.2, 0) is 19.6 Å². The number of carbonyl (C=O) groups excluding carboxylic acids is 1. The Kier molecular flexibility index (Phi) is 9.59. The molecule has 0 radical (unpaired) electrons. The van der Waals surface area contributed by atoms with E-state index in [2.05, 4.69) is 26.1 Å². The third kappa shape index (κ3) is 6.03. The molecule has 0 aliphatic rings. The molecule has 0 aliphatic carbocycles. The largest absolute Gasteiger partial charge is 0.430 e. The van der Waals surface area contributed by atoms with E-state index < -0.39 is 32.0 Å². The summed E-state index contributed by atoms with van der Waals surface area (Å²) >= 11 is 0. The maximum absolute atomic E-state index is 14.5. The number of hydrogen-bond donors (Lipinski definition) is 1. The Morgan fingerprint density at radius 2 is 1.33 bits per heavy atom. The predicted octanol–water partition coefficient (Wildman–Crippen LogP) is 5.73. The van der Waals surface area contributed by atoms with Gasteiger partial charge < -0.3 is 14.5 Å². The number of alkyl halides is 3. The number of methoxy groups -OCH3 is 1. The molecule has 0 heterocycles. The first-order valence-electron chi connectivity index (χ1n) is 12.8. The highest BCUT2D eigenvalue weighted by atomic mass is 28.4. The Bertz CT molecular complexity index is 1190. The van der Waals surface area contributed by atoms with Crippen LogP contribution >= 0.6 is 0 Å². The van der Waals surface area contributed by atoms with Crippen molar-refractivity contribution in [2.75, 3.05) is 13.7 Å². The summed E-state index contributed by atoms with van der Waals surface area (Å²) in [6.45, 7) is 8.04.